The molecule has 1 aliphatic rings. The van der Waals surface area contributed by atoms with Crippen molar-refractivity contribution in [3.63, 3.8) is 0 Å². The van der Waals surface area contributed by atoms with Crippen LogP contribution in [0.5, 0.6) is 0 Å². The van der Waals surface area contributed by atoms with Gasteiger partial charge in [-0.2, -0.15) is 0 Å². The third-order valence-electron chi connectivity index (χ3n) is 5.02. The summed E-state index contributed by atoms with van der Waals surface area (Å²) in [6.45, 7) is 8.81. The van der Waals surface area contributed by atoms with Gasteiger partial charge in [-0.15, -0.1) is 0 Å². The van der Waals surface area contributed by atoms with Gasteiger partial charge in [-0.1, -0.05) is 44.8 Å². The van der Waals surface area contributed by atoms with E-state index in [9.17, 15) is 4.79 Å². The minimum absolute atomic E-state index is 0.0545. The third-order valence-corrected chi connectivity index (χ3v) is 5.02. The van der Waals surface area contributed by atoms with E-state index < -0.39 is 0 Å². The summed E-state index contributed by atoms with van der Waals surface area (Å²) in [6, 6.07) is 0. The second-order valence-corrected chi connectivity index (χ2v) is 6.88. The fourth-order valence-corrected chi connectivity index (χ4v) is 3.41. The van der Waals surface area contributed by atoms with Gasteiger partial charge in [-0.05, 0) is 26.2 Å². The number of allylic oxidation sites excluding steroid dienone is 2. The number of likely N-dealkylation sites (N-methyl/N-ethyl adjacent to an activating group) is 1. The largest absolute Gasteiger partial charge is 0.351 e. The summed E-state index contributed by atoms with van der Waals surface area (Å²) >= 11 is 0. The highest BCUT2D eigenvalue weighted by molar-refractivity contribution is 5.72. The molecule has 0 bridgehead atoms. The van der Waals surface area contributed by atoms with Gasteiger partial charge in [-0.25, -0.2) is 0 Å². The average Bonchev–Trinajstić information content (AvgIpc) is 2.96. The molecule has 2 N–H and O–H groups in total. The van der Waals surface area contributed by atoms with E-state index in [0.29, 0.717) is 6.17 Å². The molecule has 0 spiro atoms. The van der Waals surface area contributed by atoms with Crippen molar-refractivity contribution in [1.82, 2.24) is 10.6 Å². The summed E-state index contributed by atoms with van der Waals surface area (Å²) in [5, 5.41) is 6.43. The van der Waals surface area contributed by atoms with Gasteiger partial charge < -0.3 is 10.6 Å². The first-order valence-corrected chi connectivity index (χ1v) is 9.84. The second kappa shape index (κ2) is 12.1. The van der Waals surface area contributed by atoms with Crippen LogP contribution in [-0.2, 0) is 4.79 Å². The molecule has 138 valence electrons. The van der Waals surface area contributed by atoms with Crippen molar-refractivity contribution in [2.24, 2.45) is 0 Å². The summed E-state index contributed by atoms with van der Waals surface area (Å²) in [5.74, 6) is 0.0545. The Morgan fingerprint density at radius 3 is 2.62 bits per heavy atom. The van der Waals surface area contributed by atoms with E-state index in [4.69, 9.17) is 0 Å². The van der Waals surface area contributed by atoms with E-state index >= 15 is 0 Å². The van der Waals surface area contributed by atoms with E-state index in [-0.39, 0.29) is 5.91 Å². The lowest BCUT2D eigenvalue weighted by atomic mass is 10.1. The Kier molecular flexibility index (Phi) is 10.5. The van der Waals surface area contributed by atoms with E-state index in [2.05, 4.69) is 49.0 Å². The van der Waals surface area contributed by atoms with E-state index in [0.717, 1.165) is 37.0 Å². The highest BCUT2D eigenvalue weighted by atomic mass is 16.1. The normalized spacial score (nSPS) is 22.9. The maximum atomic E-state index is 11.1. The van der Waals surface area contributed by atoms with Crippen LogP contribution >= 0.6 is 0 Å². The summed E-state index contributed by atoms with van der Waals surface area (Å²) in [7, 11) is 0. The number of nitrogens with one attached hydrogen (secondary N) is 2. The molecule has 1 heterocycles. The lowest BCUT2D eigenvalue weighted by Crippen LogP contribution is -2.55. The fourth-order valence-electron chi connectivity index (χ4n) is 3.41. The van der Waals surface area contributed by atoms with Gasteiger partial charge >= 0.3 is 0 Å². The van der Waals surface area contributed by atoms with Gasteiger partial charge in [0.15, 0.2) is 6.17 Å². The Morgan fingerprint density at radius 1 is 1.17 bits per heavy atom. The topological polar surface area (TPSA) is 41.1 Å². The zero-order valence-corrected chi connectivity index (χ0v) is 16.0. The highest BCUT2D eigenvalue weighted by Crippen LogP contribution is 2.21. The summed E-state index contributed by atoms with van der Waals surface area (Å²) in [4.78, 5) is 11.1. The minimum atomic E-state index is 0.0545. The summed E-state index contributed by atoms with van der Waals surface area (Å²) < 4.78 is 0.922. The number of carbonyl (C=O) groups excluding carboxylic acids is 1. The Hall–Kier alpha value is -1.29. The first kappa shape index (κ1) is 20.8. The predicted molar refractivity (Wildman–Crippen MR) is 102 cm³/mol. The maximum absolute atomic E-state index is 11.1. The quantitative estimate of drug-likeness (QED) is 0.302. The molecule has 0 fully saturated rings. The van der Waals surface area contributed by atoms with E-state index in [1.54, 1.807) is 6.92 Å². The molecule has 0 radical (unpaired) electrons. The number of hydrogen-bond acceptors (Lipinski definition) is 2. The van der Waals surface area contributed by atoms with Crippen LogP contribution in [0.2, 0.25) is 0 Å². The minimum Gasteiger partial charge on any atom is -0.351 e. The van der Waals surface area contributed by atoms with Crippen LogP contribution < -0.4 is 10.6 Å². The van der Waals surface area contributed by atoms with Gasteiger partial charge in [0.25, 0.3) is 0 Å². The lowest BCUT2D eigenvalue weighted by Gasteiger charge is -2.37. The zero-order chi connectivity index (χ0) is 17.7. The standard InChI is InChI=1S/C20H37N3O/c1-4-6-7-8-9-10-11-12-13-14-20-22-16-18-23(20,5-2)17-15-21-19(3)24/h11-12,16,18,20,22H,4-10,13-15,17H2,1-3H3/p+1/b12-11+. The molecule has 2 unspecified atom stereocenters. The summed E-state index contributed by atoms with van der Waals surface area (Å²) in [6.07, 6.45) is 19.7. The number of nitrogens with zero attached hydrogens (tertiary/aromatic N) is 1. The number of quaternary nitrogens is 1. The molecule has 0 aromatic carbocycles. The van der Waals surface area contributed by atoms with Crippen molar-refractivity contribution in [2.45, 2.75) is 78.3 Å². The van der Waals surface area contributed by atoms with Gasteiger partial charge in [0.2, 0.25) is 5.91 Å². The van der Waals surface area contributed by atoms with E-state index in [1.165, 1.54) is 38.5 Å². The van der Waals surface area contributed by atoms with Crippen molar-refractivity contribution >= 4 is 5.91 Å². The number of amides is 1. The van der Waals surface area contributed by atoms with Crippen molar-refractivity contribution in [2.75, 3.05) is 19.6 Å². The molecule has 4 heteroatoms. The van der Waals surface area contributed by atoms with Crippen LogP contribution in [0.3, 0.4) is 0 Å². The smallest absolute Gasteiger partial charge is 0.217 e. The molecule has 24 heavy (non-hydrogen) atoms. The van der Waals surface area contributed by atoms with Crippen molar-refractivity contribution in [3.8, 4) is 0 Å². The third kappa shape index (κ3) is 7.52. The van der Waals surface area contributed by atoms with E-state index in [1.807, 2.05) is 0 Å². The molecule has 0 saturated heterocycles. The Labute approximate surface area is 149 Å². The van der Waals surface area contributed by atoms with Crippen molar-refractivity contribution < 1.29 is 9.28 Å². The molecular weight excluding hydrogens is 298 g/mol. The number of hydrogen-bond donors (Lipinski definition) is 2. The molecule has 1 rings (SSSR count). The Bertz CT molecular complexity index is 406. The van der Waals surface area contributed by atoms with Gasteiger partial charge in [0.05, 0.1) is 19.3 Å². The van der Waals surface area contributed by atoms with Crippen LogP contribution in [0.1, 0.15) is 72.1 Å². The molecule has 1 amide bonds. The second-order valence-electron chi connectivity index (χ2n) is 6.88. The number of carbonyl (C=O) groups is 1. The molecule has 4 nitrogen and oxygen atoms in total. The molecule has 0 saturated carbocycles. The molecular formula is C20H38N3O+. The monoisotopic (exact) mass is 336 g/mol. The first-order valence-electron chi connectivity index (χ1n) is 9.84. The van der Waals surface area contributed by atoms with Crippen LogP contribution in [0.15, 0.2) is 24.6 Å². The molecule has 0 aromatic rings. The predicted octanol–water partition coefficient (Wildman–Crippen LogP) is 4.06. The van der Waals surface area contributed by atoms with Crippen molar-refractivity contribution in [1.29, 1.82) is 0 Å². The number of unbranched alkanes of at least 4 members (excludes halogenated alkanes) is 5. The van der Waals surface area contributed by atoms with Crippen LogP contribution in [0.25, 0.3) is 0 Å². The molecule has 2 atom stereocenters. The molecule has 1 aliphatic heterocycles. The average molecular weight is 337 g/mol. The van der Waals surface area contributed by atoms with Gasteiger partial charge in [0, 0.05) is 13.3 Å². The lowest BCUT2D eigenvalue weighted by molar-refractivity contribution is -0.898. The first-order chi connectivity index (χ1) is 11.6. The molecule has 0 aliphatic carbocycles. The SMILES string of the molecule is CCCCCCC/C=C/CCC1NC=C[N+]1(CC)CCNC(C)=O. The highest BCUT2D eigenvalue weighted by Gasteiger charge is 2.35. The van der Waals surface area contributed by atoms with Crippen LogP contribution in [0, 0.1) is 0 Å². The zero-order valence-electron chi connectivity index (χ0n) is 16.0. The Morgan fingerprint density at radius 2 is 1.92 bits per heavy atom. The van der Waals surface area contributed by atoms with Crippen LogP contribution in [-0.4, -0.2) is 36.2 Å². The number of rotatable bonds is 13. The van der Waals surface area contributed by atoms with Crippen molar-refractivity contribution in [3.05, 3.63) is 24.6 Å². The van der Waals surface area contributed by atoms with Gasteiger partial charge in [-0.3, -0.25) is 9.28 Å². The molecule has 0 aromatic heterocycles. The fraction of sp³-hybridized carbons (Fsp3) is 0.750. The van der Waals surface area contributed by atoms with Gasteiger partial charge in [0.1, 0.15) is 12.7 Å². The summed E-state index contributed by atoms with van der Waals surface area (Å²) in [5.41, 5.74) is 0. The van der Waals surface area contributed by atoms with Crippen LogP contribution in [0.4, 0.5) is 0 Å². The maximum Gasteiger partial charge on any atom is 0.217 e. The Balaban J connectivity index is 2.26.